The van der Waals surface area contributed by atoms with E-state index in [4.69, 9.17) is 20.5 Å². The van der Waals surface area contributed by atoms with E-state index in [1.54, 1.807) is 31.2 Å². The number of benzene rings is 1. The maximum atomic E-state index is 12.7. The summed E-state index contributed by atoms with van der Waals surface area (Å²) in [5.74, 6) is 1.13. The Hall–Kier alpha value is -2.16. The molecule has 0 aliphatic carbocycles. The smallest absolute Gasteiger partial charge is 0.243 e. The van der Waals surface area contributed by atoms with Crippen LogP contribution in [0.2, 0.25) is 5.02 Å². The molecule has 0 bridgehead atoms. The van der Waals surface area contributed by atoms with E-state index in [0.29, 0.717) is 28.1 Å². The topological polar surface area (TPSA) is 89.4 Å². The Morgan fingerprint density at radius 2 is 2.08 bits per heavy atom. The molecule has 3 heterocycles. The van der Waals surface area contributed by atoms with Crippen molar-refractivity contribution in [3.8, 4) is 11.6 Å². The van der Waals surface area contributed by atoms with Gasteiger partial charge in [-0.2, -0.15) is 9.29 Å². The minimum atomic E-state index is -3.59. The van der Waals surface area contributed by atoms with E-state index in [1.807, 2.05) is 0 Å². The van der Waals surface area contributed by atoms with E-state index in [-0.39, 0.29) is 23.9 Å². The summed E-state index contributed by atoms with van der Waals surface area (Å²) < 4.78 is 37.3. The van der Waals surface area contributed by atoms with Crippen LogP contribution in [-0.2, 0) is 10.0 Å². The highest BCUT2D eigenvalue weighted by Crippen LogP contribution is 2.33. The number of nitrogens with zero attached hydrogens (tertiary/aromatic N) is 3. The zero-order valence-electron chi connectivity index (χ0n) is 13.2. The minimum absolute atomic E-state index is 0.134. The van der Waals surface area contributed by atoms with Gasteiger partial charge >= 0.3 is 0 Å². The lowest BCUT2D eigenvalue weighted by Crippen LogP contribution is -2.48. The molecule has 1 fully saturated rings. The van der Waals surface area contributed by atoms with Crippen LogP contribution in [0.3, 0.4) is 0 Å². The van der Waals surface area contributed by atoms with Crippen molar-refractivity contribution in [2.75, 3.05) is 13.1 Å². The highest BCUT2D eigenvalue weighted by molar-refractivity contribution is 7.89. The van der Waals surface area contributed by atoms with Crippen LogP contribution in [0.4, 0.5) is 0 Å². The highest BCUT2D eigenvalue weighted by Gasteiger charge is 2.41. The molecular weight excluding hydrogens is 366 g/mol. The molecule has 1 aromatic carbocycles. The Balaban J connectivity index is 1.51. The summed E-state index contributed by atoms with van der Waals surface area (Å²) in [5.41, 5.74) is 0.658. The minimum Gasteiger partial charge on any atom is -0.461 e. The average Bonchev–Trinajstić information content (AvgIpc) is 3.18. The lowest BCUT2D eigenvalue weighted by atomic mass is 10.0. The van der Waals surface area contributed by atoms with Crippen molar-refractivity contribution < 1.29 is 17.4 Å². The maximum Gasteiger partial charge on any atom is 0.243 e. The van der Waals surface area contributed by atoms with Crippen molar-refractivity contribution in [2.45, 2.75) is 17.7 Å². The molecule has 0 unspecified atom stereocenters. The first kappa shape index (κ1) is 16.3. The SMILES string of the molecule is Cc1ccc(Cl)cc1S(=O)(=O)N1CC(c2nc(-c3ccco3)no2)C1. The van der Waals surface area contributed by atoms with Crippen LogP contribution >= 0.6 is 11.6 Å². The predicted octanol–water partition coefficient (Wildman–Crippen LogP) is 3.08. The molecule has 0 atom stereocenters. The summed E-state index contributed by atoms with van der Waals surface area (Å²) >= 11 is 5.94. The fourth-order valence-corrected chi connectivity index (χ4v) is 4.71. The van der Waals surface area contributed by atoms with Gasteiger partial charge in [-0.15, -0.1) is 0 Å². The quantitative estimate of drug-likeness (QED) is 0.692. The predicted molar refractivity (Wildman–Crippen MR) is 89.7 cm³/mol. The fraction of sp³-hybridized carbons (Fsp3) is 0.250. The van der Waals surface area contributed by atoms with Crippen molar-refractivity contribution in [1.29, 1.82) is 0 Å². The molecule has 2 aromatic heterocycles. The molecule has 4 rings (SSSR count). The number of hydrogen-bond acceptors (Lipinski definition) is 6. The van der Waals surface area contributed by atoms with Crippen molar-refractivity contribution in [3.63, 3.8) is 0 Å². The monoisotopic (exact) mass is 379 g/mol. The van der Waals surface area contributed by atoms with Crippen LogP contribution in [0.15, 0.2) is 50.4 Å². The van der Waals surface area contributed by atoms with Gasteiger partial charge in [0.05, 0.1) is 17.1 Å². The number of rotatable bonds is 4. The summed E-state index contributed by atoms with van der Waals surface area (Å²) in [6, 6.07) is 8.30. The lowest BCUT2D eigenvalue weighted by molar-refractivity contribution is 0.216. The Morgan fingerprint density at radius 3 is 2.80 bits per heavy atom. The van der Waals surface area contributed by atoms with Crippen LogP contribution in [-0.4, -0.2) is 36.0 Å². The van der Waals surface area contributed by atoms with Crippen molar-refractivity contribution in [3.05, 3.63) is 53.1 Å². The van der Waals surface area contributed by atoms with E-state index >= 15 is 0 Å². The molecule has 130 valence electrons. The third-order valence-corrected chi connectivity index (χ3v) is 6.36. The maximum absolute atomic E-state index is 12.7. The molecular formula is C16H14ClN3O4S. The standard InChI is InChI=1S/C16H14ClN3O4S/c1-10-4-5-12(17)7-14(10)25(21,22)20-8-11(9-20)16-18-15(19-24-16)13-3-2-6-23-13/h2-7,11H,8-9H2,1H3. The van der Waals surface area contributed by atoms with Crippen LogP contribution in [0.25, 0.3) is 11.6 Å². The summed E-state index contributed by atoms with van der Waals surface area (Å²) in [7, 11) is -3.59. The van der Waals surface area contributed by atoms with E-state index in [2.05, 4.69) is 10.1 Å². The van der Waals surface area contributed by atoms with E-state index in [9.17, 15) is 8.42 Å². The Kier molecular flexibility index (Phi) is 3.90. The molecule has 0 N–H and O–H groups in total. The first-order chi connectivity index (χ1) is 11.9. The van der Waals surface area contributed by atoms with E-state index in [0.717, 1.165) is 0 Å². The second kappa shape index (κ2) is 5.98. The zero-order valence-corrected chi connectivity index (χ0v) is 14.8. The van der Waals surface area contributed by atoms with E-state index in [1.165, 1.54) is 16.6 Å². The normalized spacial score (nSPS) is 16.1. The first-order valence-electron chi connectivity index (χ1n) is 7.59. The Morgan fingerprint density at radius 1 is 1.28 bits per heavy atom. The number of furan rings is 1. The molecule has 25 heavy (non-hydrogen) atoms. The van der Waals surface area contributed by atoms with Crippen LogP contribution in [0.1, 0.15) is 17.4 Å². The molecule has 1 saturated heterocycles. The number of halogens is 1. The summed E-state index contributed by atoms with van der Waals surface area (Å²) in [6.45, 7) is 2.32. The fourth-order valence-electron chi connectivity index (χ4n) is 2.69. The van der Waals surface area contributed by atoms with Gasteiger partial charge in [-0.1, -0.05) is 22.8 Å². The average molecular weight is 380 g/mol. The van der Waals surface area contributed by atoms with Gasteiger partial charge in [-0.05, 0) is 36.8 Å². The number of hydrogen-bond donors (Lipinski definition) is 0. The molecule has 0 spiro atoms. The third-order valence-electron chi connectivity index (χ3n) is 4.15. The van der Waals surface area contributed by atoms with Gasteiger partial charge in [0.15, 0.2) is 5.76 Å². The van der Waals surface area contributed by atoms with Crippen LogP contribution in [0.5, 0.6) is 0 Å². The molecule has 0 amide bonds. The van der Waals surface area contributed by atoms with Gasteiger partial charge in [0.2, 0.25) is 21.7 Å². The van der Waals surface area contributed by atoms with Gasteiger partial charge in [0.25, 0.3) is 0 Å². The summed E-state index contributed by atoms with van der Waals surface area (Å²) in [6.07, 6.45) is 1.52. The van der Waals surface area contributed by atoms with Crippen molar-refractivity contribution in [1.82, 2.24) is 14.4 Å². The molecule has 3 aromatic rings. The Bertz CT molecular complexity index is 1010. The van der Waals surface area contributed by atoms with E-state index < -0.39 is 10.0 Å². The van der Waals surface area contributed by atoms with Gasteiger partial charge in [0.1, 0.15) is 0 Å². The first-order valence-corrected chi connectivity index (χ1v) is 9.41. The third kappa shape index (κ3) is 2.86. The zero-order chi connectivity index (χ0) is 17.6. The van der Waals surface area contributed by atoms with Gasteiger partial charge in [-0.25, -0.2) is 8.42 Å². The van der Waals surface area contributed by atoms with Crippen LogP contribution in [0, 0.1) is 6.92 Å². The van der Waals surface area contributed by atoms with Crippen molar-refractivity contribution >= 4 is 21.6 Å². The lowest BCUT2D eigenvalue weighted by Gasteiger charge is -2.36. The number of sulfonamides is 1. The Labute approximate surface area is 149 Å². The van der Waals surface area contributed by atoms with Gasteiger partial charge in [-0.3, -0.25) is 0 Å². The molecule has 0 radical (unpaired) electrons. The van der Waals surface area contributed by atoms with Crippen molar-refractivity contribution in [2.24, 2.45) is 0 Å². The number of aromatic nitrogens is 2. The second-order valence-electron chi connectivity index (χ2n) is 5.86. The second-order valence-corrected chi connectivity index (χ2v) is 8.21. The largest absolute Gasteiger partial charge is 0.461 e. The van der Waals surface area contributed by atoms with Crippen LogP contribution < -0.4 is 0 Å². The summed E-state index contributed by atoms with van der Waals surface area (Å²) in [5, 5.41) is 4.26. The highest BCUT2D eigenvalue weighted by atomic mass is 35.5. The van der Waals surface area contributed by atoms with Gasteiger partial charge < -0.3 is 8.94 Å². The molecule has 0 saturated carbocycles. The number of aryl methyl sites for hydroxylation is 1. The molecule has 9 heteroatoms. The molecule has 7 nitrogen and oxygen atoms in total. The summed E-state index contributed by atoms with van der Waals surface area (Å²) in [4.78, 5) is 4.50. The van der Waals surface area contributed by atoms with Gasteiger partial charge in [0, 0.05) is 18.1 Å². The molecule has 1 aliphatic heterocycles. The molecule has 1 aliphatic rings.